The number of sulfonamides is 2. The summed E-state index contributed by atoms with van der Waals surface area (Å²) in [5.74, 6) is 0.128. The Hall–Kier alpha value is -0.710. The maximum atomic E-state index is 12.4. The molecule has 1 aromatic rings. The Morgan fingerprint density at radius 1 is 1.12 bits per heavy atom. The average molecular weight is 424 g/mol. The molecule has 1 heterocycles. The van der Waals surface area contributed by atoms with Crippen molar-refractivity contribution in [2.24, 2.45) is 0 Å². The van der Waals surface area contributed by atoms with Crippen molar-refractivity contribution in [3.8, 4) is 0 Å². The summed E-state index contributed by atoms with van der Waals surface area (Å²) >= 11 is 5.80. The van der Waals surface area contributed by atoms with Gasteiger partial charge in [0.2, 0.25) is 20.0 Å². The van der Waals surface area contributed by atoms with Gasteiger partial charge in [-0.05, 0) is 63.2 Å². The van der Waals surface area contributed by atoms with Crippen LogP contribution in [0.4, 0.5) is 0 Å². The molecule has 0 atom stereocenters. The van der Waals surface area contributed by atoms with E-state index in [0.29, 0.717) is 30.8 Å². The zero-order valence-corrected chi connectivity index (χ0v) is 17.4. The maximum Gasteiger partial charge on any atom is 0.240 e. The zero-order valence-electron chi connectivity index (χ0n) is 15.1. The second-order valence-electron chi connectivity index (χ2n) is 6.64. The highest BCUT2D eigenvalue weighted by Gasteiger charge is 2.25. The van der Waals surface area contributed by atoms with E-state index in [1.54, 1.807) is 12.1 Å². The van der Waals surface area contributed by atoms with E-state index in [1.165, 1.54) is 30.5 Å². The van der Waals surface area contributed by atoms with E-state index in [2.05, 4.69) is 9.62 Å². The van der Waals surface area contributed by atoms with Gasteiger partial charge in [0.05, 0.1) is 10.6 Å². The van der Waals surface area contributed by atoms with Crippen molar-refractivity contribution < 1.29 is 16.8 Å². The number of hydrogen-bond acceptors (Lipinski definition) is 5. The lowest BCUT2D eigenvalue weighted by atomic mass is 10.1. The number of benzene rings is 1. The van der Waals surface area contributed by atoms with Gasteiger partial charge in [-0.15, -0.1) is 0 Å². The number of hydrogen-bond donors (Lipinski definition) is 1. The molecule has 1 aromatic carbocycles. The molecule has 0 amide bonds. The van der Waals surface area contributed by atoms with Gasteiger partial charge in [0.25, 0.3) is 0 Å². The normalized spacial score (nSPS) is 17.7. The van der Waals surface area contributed by atoms with Crippen LogP contribution in [0.15, 0.2) is 29.2 Å². The standard InChI is InChI=1S/C16H26ClN3O4S2/c1-19(2)25(21,22)13-3-10-20-11-8-15(9-12-20)18-26(23,24)16-6-4-14(17)5-7-16/h4-7,15,18H,3,8-13H2,1-2H3. The van der Waals surface area contributed by atoms with Crippen LogP contribution >= 0.6 is 11.6 Å². The van der Waals surface area contributed by atoms with Gasteiger partial charge in [-0.1, -0.05) is 11.6 Å². The molecule has 0 aromatic heterocycles. The number of nitrogens with one attached hydrogen (secondary N) is 1. The Kier molecular flexibility index (Phi) is 7.46. The Labute approximate surface area is 161 Å². The third kappa shape index (κ3) is 6.17. The molecular weight excluding hydrogens is 398 g/mol. The van der Waals surface area contributed by atoms with E-state index in [4.69, 9.17) is 11.6 Å². The van der Waals surface area contributed by atoms with Crippen molar-refractivity contribution in [3.05, 3.63) is 29.3 Å². The van der Waals surface area contributed by atoms with Gasteiger partial charge in [0.15, 0.2) is 0 Å². The molecule has 26 heavy (non-hydrogen) atoms. The van der Waals surface area contributed by atoms with Crippen LogP contribution in [-0.2, 0) is 20.0 Å². The van der Waals surface area contributed by atoms with E-state index < -0.39 is 20.0 Å². The third-order valence-electron chi connectivity index (χ3n) is 4.47. The first kappa shape index (κ1) is 21.6. The van der Waals surface area contributed by atoms with Crippen molar-refractivity contribution in [1.29, 1.82) is 0 Å². The van der Waals surface area contributed by atoms with Crippen LogP contribution in [-0.4, -0.2) is 71.6 Å². The SMILES string of the molecule is CN(C)S(=O)(=O)CCCN1CCC(NS(=O)(=O)c2ccc(Cl)cc2)CC1. The molecule has 0 bridgehead atoms. The highest BCUT2D eigenvalue weighted by molar-refractivity contribution is 7.89. The summed E-state index contributed by atoms with van der Waals surface area (Å²) in [4.78, 5) is 2.39. The van der Waals surface area contributed by atoms with Gasteiger partial charge in [-0.2, -0.15) is 0 Å². The third-order valence-corrected chi connectivity index (χ3v) is 8.17. The van der Waals surface area contributed by atoms with Crippen molar-refractivity contribution in [2.45, 2.75) is 30.2 Å². The molecule has 148 valence electrons. The van der Waals surface area contributed by atoms with Gasteiger partial charge < -0.3 is 4.90 Å². The van der Waals surface area contributed by atoms with Gasteiger partial charge in [0, 0.05) is 25.2 Å². The zero-order chi connectivity index (χ0) is 19.4. The minimum Gasteiger partial charge on any atom is -0.303 e. The van der Waals surface area contributed by atoms with Crippen LogP contribution in [0, 0.1) is 0 Å². The summed E-state index contributed by atoms with van der Waals surface area (Å²) < 4.78 is 52.3. The van der Waals surface area contributed by atoms with Crippen molar-refractivity contribution in [1.82, 2.24) is 13.9 Å². The molecule has 2 rings (SSSR count). The Morgan fingerprint density at radius 2 is 1.69 bits per heavy atom. The van der Waals surface area contributed by atoms with Crippen molar-refractivity contribution in [3.63, 3.8) is 0 Å². The van der Waals surface area contributed by atoms with E-state index in [-0.39, 0.29) is 16.7 Å². The number of nitrogens with zero attached hydrogens (tertiary/aromatic N) is 2. The topological polar surface area (TPSA) is 86.8 Å². The second kappa shape index (κ2) is 8.99. The second-order valence-corrected chi connectivity index (χ2v) is 11.1. The fourth-order valence-corrected chi connectivity index (χ4v) is 5.12. The first-order valence-corrected chi connectivity index (χ1v) is 12.0. The first-order valence-electron chi connectivity index (χ1n) is 8.50. The number of piperidine rings is 1. The molecular formula is C16H26ClN3O4S2. The number of likely N-dealkylation sites (tertiary alicyclic amines) is 1. The van der Waals surface area contributed by atoms with Gasteiger partial charge in [0.1, 0.15) is 0 Å². The predicted octanol–water partition coefficient (Wildman–Crippen LogP) is 1.36. The largest absolute Gasteiger partial charge is 0.303 e. The molecule has 1 saturated heterocycles. The van der Waals surface area contributed by atoms with Crippen LogP contribution < -0.4 is 4.72 Å². The first-order chi connectivity index (χ1) is 12.1. The van der Waals surface area contributed by atoms with Crippen LogP contribution in [0.25, 0.3) is 0 Å². The van der Waals surface area contributed by atoms with Crippen LogP contribution in [0.3, 0.4) is 0 Å². The molecule has 0 aliphatic carbocycles. The number of rotatable bonds is 8. The molecule has 1 N–H and O–H groups in total. The highest BCUT2D eigenvalue weighted by Crippen LogP contribution is 2.17. The lowest BCUT2D eigenvalue weighted by molar-refractivity contribution is 0.208. The molecule has 1 fully saturated rings. The molecule has 0 radical (unpaired) electrons. The minimum atomic E-state index is -3.55. The number of halogens is 1. The van der Waals surface area contributed by atoms with E-state index in [0.717, 1.165) is 13.1 Å². The Bertz CT molecular complexity index is 787. The van der Waals surface area contributed by atoms with Gasteiger partial charge in [-0.3, -0.25) is 0 Å². The van der Waals surface area contributed by atoms with Gasteiger partial charge in [-0.25, -0.2) is 25.9 Å². The average Bonchev–Trinajstić information content (AvgIpc) is 2.56. The van der Waals surface area contributed by atoms with Crippen molar-refractivity contribution in [2.75, 3.05) is 39.5 Å². The summed E-state index contributed by atoms with van der Waals surface area (Å²) in [5, 5.41) is 0.494. The molecule has 7 nitrogen and oxygen atoms in total. The predicted molar refractivity (Wildman–Crippen MR) is 103 cm³/mol. The molecule has 0 spiro atoms. The summed E-state index contributed by atoms with van der Waals surface area (Å²) in [7, 11) is -3.64. The van der Waals surface area contributed by atoms with E-state index >= 15 is 0 Å². The molecule has 10 heteroatoms. The lowest BCUT2D eigenvalue weighted by Gasteiger charge is -2.32. The van der Waals surface area contributed by atoms with Gasteiger partial charge >= 0.3 is 0 Å². The van der Waals surface area contributed by atoms with Crippen LogP contribution in [0.2, 0.25) is 5.02 Å². The molecule has 1 aliphatic rings. The van der Waals surface area contributed by atoms with Crippen molar-refractivity contribution >= 4 is 31.6 Å². The summed E-state index contributed by atoms with van der Waals surface area (Å²) in [6, 6.07) is 5.98. The highest BCUT2D eigenvalue weighted by atomic mass is 35.5. The Morgan fingerprint density at radius 3 is 2.23 bits per heavy atom. The fraction of sp³-hybridized carbons (Fsp3) is 0.625. The Balaban J connectivity index is 1.79. The minimum absolute atomic E-state index is 0.113. The fourth-order valence-electron chi connectivity index (χ4n) is 2.83. The molecule has 0 unspecified atom stereocenters. The molecule has 1 aliphatic heterocycles. The summed E-state index contributed by atoms with van der Waals surface area (Å²) in [6.07, 6.45) is 1.97. The molecule has 0 saturated carbocycles. The summed E-state index contributed by atoms with van der Waals surface area (Å²) in [5.41, 5.74) is 0. The van der Waals surface area contributed by atoms with Crippen LogP contribution in [0.5, 0.6) is 0 Å². The van der Waals surface area contributed by atoms with E-state index in [1.807, 2.05) is 0 Å². The maximum absolute atomic E-state index is 12.4. The summed E-state index contributed by atoms with van der Waals surface area (Å²) in [6.45, 7) is 2.19. The monoisotopic (exact) mass is 423 g/mol. The quantitative estimate of drug-likeness (QED) is 0.682. The van der Waals surface area contributed by atoms with Crippen LogP contribution in [0.1, 0.15) is 19.3 Å². The smallest absolute Gasteiger partial charge is 0.240 e. The lowest BCUT2D eigenvalue weighted by Crippen LogP contribution is -2.45. The van der Waals surface area contributed by atoms with E-state index in [9.17, 15) is 16.8 Å².